The van der Waals surface area contributed by atoms with Gasteiger partial charge in [-0.2, -0.15) is 0 Å². The van der Waals surface area contributed by atoms with Gasteiger partial charge in [0.25, 0.3) is 0 Å². The van der Waals surface area contributed by atoms with Gasteiger partial charge in [-0.05, 0) is 13.3 Å². The zero-order chi connectivity index (χ0) is 9.23. The molecule has 0 amide bonds. The minimum absolute atomic E-state index is 0.435. The van der Waals surface area contributed by atoms with Crippen molar-refractivity contribution < 1.29 is 4.74 Å². The Morgan fingerprint density at radius 1 is 1.00 bits per heavy atom. The molecule has 0 aliphatic heterocycles. The fourth-order valence-electron chi connectivity index (χ4n) is 0.552. The molecule has 12 heavy (non-hydrogen) atoms. The van der Waals surface area contributed by atoms with E-state index in [1.54, 1.807) is 7.11 Å². The van der Waals surface area contributed by atoms with Gasteiger partial charge in [0.05, 0.1) is 6.10 Å². The van der Waals surface area contributed by atoms with Crippen molar-refractivity contribution in [1.29, 1.82) is 0 Å². The molecular weight excluding hydrogens is 148 g/mol. The number of hydrogen-bond acceptors (Lipinski definition) is 1. The van der Waals surface area contributed by atoms with Gasteiger partial charge in [-0.15, -0.1) is 0 Å². The van der Waals surface area contributed by atoms with E-state index in [1.807, 2.05) is 36.4 Å². The zero-order valence-electron chi connectivity index (χ0n) is 8.16. The summed E-state index contributed by atoms with van der Waals surface area (Å²) in [5, 5.41) is 0. The molecule has 1 atom stereocenters. The molecule has 1 heteroatoms. The molecule has 0 aliphatic carbocycles. The highest BCUT2D eigenvalue weighted by molar-refractivity contribution is 4.99. The molecule has 0 bridgehead atoms. The van der Waals surface area contributed by atoms with Gasteiger partial charge in [0.1, 0.15) is 0 Å². The van der Waals surface area contributed by atoms with Crippen LogP contribution in [0.25, 0.3) is 0 Å². The second-order valence-corrected chi connectivity index (χ2v) is 2.61. The standard InChI is InChI=1S/C6H6.C5H12O/c1-2-4-6-5-3-1;1-4-5(2)6-3/h1-6H;5H,4H2,1-3H3. The predicted octanol–water partition coefficient (Wildman–Crippen LogP) is 3.12. The molecule has 0 spiro atoms. The van der Waals surface area contributed by atoms with Gasteiger partial charge in [-0.1, -0.05) is 43.3 Å². The van der Waals surface area contributed by atoms with E-state index in [0.29, 0.717) is 6.10 Å². The van der Waals surface area contributed by atoms with E-state index in [1.165, 1.54) is 0 Å². The molecule has 1 rings (SSSR count). The lowest BCUT2D eigenvalue weighted by atomic mass is 10.3. The summed E-state index contributed by atoms with van der Waals surface area (Å²) in [6.07, 6.45) is 1.54. The Bertz CT molecular complexity index is 129. The van der Waals surface area contributed by atoms with E-state index < -0.39 is 0 Å². The lowest BCUT2D eigenvalue weighted by molar-refractivity contribution is 0.115. The number of benzene rings is 1. The molecule has 68 valence electrons. The highest BCUT2D eigenvalue weighted by atomic mass is 16.5. The monoisotopic (exact) mass is 166 g/mol. The highest BCUT2D eigenvalue weighted by Gasteiger charge is 1.88. The minimum atomic E-state index is 0.435. The van der Waals surface area contributed by atoms with Crippen LogP contribution in [-0.2, 0) is 4.74 Å². The SMILES string of the molecule is CCC(C)OC.c1ccccc1. The van der Waals surface area contributed by atoms with Crippen LogP contribution in [0, 0.1) is 0 Å². The quantitative estimate of drug-likeness (QED) is 0.656. The molecule has 0 aromatic heterocycles. The normalized spacial score (nSPS) is 11.2. The second kappa shape index (κ2) is 8.28. The summed E-state index contributed by atoms with van der Waals surface area (Å²) < 4.78 is 4.90. The van der Waals surface area contributed by atoms with Gasteiger partial charge < -0.3 is 4.74 Å². The van der Waals surface area contributed by atoms with Crippen molar-refractivity contribution in [1.82, 2.24) is 0 Å². The molecule has 0 aliphatic rings. The van der Waals surface area contributed by atoms with E-state index >= 15 is 0 Å². The summed E-state index contributed by atoms with van der Waals surface area (Å²) in [6, 6.07) is 12.0. The van der Waals surface area contributed by atoms with Crippen molar-refractivity contribution in [3.63, 3.8) is 0 Å². The van der Waals surface area contributed by atoms with E-state index in [0.717, 1.165) is 6.42 Å². The first-order valence-electron chi connectivity index (χ1n) is 4.34. The average Bonchev–Trinajstić information content (AvgIpc) is 2.20. The summed E-state index contributed by atoms with van der Waals surface area (Å²) in [4.78, 5) is 0. The lowest BCUT2D eigenvalue weighted by Gasteiger charge is -2.01. The van der Waals surface area contributed by atoms with Crippen molar-refractivity contribution in [3.05, 3.63) is 36.4 Å². The van der Waals surface area contributed by atoms with Gasteiger partial charge in [0, 0.05) is 7.11 Å². The van der Waals surface area contributed by atoms with Crippen molar-refractivity contribution in [3.8, 4) is 0 Å². The second-order valence-electron chi connectivity index (χ2n) is 2.61. The van der Waals surface area contributed by atoms with E-state index in [4.69, 9.17) is 4.74 Å². The Kier molecular flexibility index (Phi) is 7.71. The number of ether oxygens (including phenoxy) is 1. The Hall–Kier alpha value is -0.820. The molecule has 0 fully saturated rings. The molecule has 0 saturated carbocycles. The van der Waals surface area contributed by atoms with Crippen LogP contribution in [0.1, 0.15) is 20.3 Å². The van der Waals surface area contributed by atoms with Crippen molar-refractivity contribution in [2.45, 2.75) is 26.4 Å². The Labute approximate surface area is 75.4 Å². The van der Waals surface area contributed by atoms with Gasteiger partial charge in [-0.3, -0.25) is 0 Å². The smallest absolute Gasteiger partial charge is 0.0540 e. The summed E-state index contributed by atoms with van der Waals surface area (Å²) >= 11 is 0. The number of hydrogen-bond donors (Lipinski definition) is 0. The van der Waals surface area contributed by atoms with Gasteiger partial charge >= 0.3 is 0 Å². The molecule has 0 radical (unpaired) electrons. The Balaban J connectivity index is 0.000000202. The van der Waals surface area contributed by atoms with Crippen LogP contribution in [0.2, 0.25) is 0 Å². The molecule has 1 nitrogen and oxygen atoms in total. The van der Waals surface area contributed by atoms with Crippen LogP contribution < -0.4 is 0 Å². The largest absolute Gasteiger partial charge is 0.382 e. The van der Waals surface area contributed by atoms with E-state index in [2.05, 4.69) is 13.8 Å². The van der Waals surface area contributed by atoms with Crippen LogP contribution >= 0.6 is 0 Å². The van der Waals surface area contributed by atoms with E-state index in [-0.39, 0.29) is 0 Å². The van der Waals surface area contributed by atoms with E-state index in [9.17, 15) is 0 Å². The van der Waals surface area contributed by atoms with Crippen LogP contribution in [0.4, 0.5) is 0 Å². The van der Waals surface area contributed by atoms with Gasteiger partial charge in [0.15, 0.2) is 0 Å². The summed E-state index contributed by atoms with van der Waals surface area (Å²) in [7, 11) is 1.73. The maximum Gasteiger partial charge on any atom is 0.0540 e. The average molecular weight is 166 g/mol. The van der Waals surface area contributed by atoms with Crippen molar-refractivity contribution in [2.24, 2.45) is 0 Å². The minimum Gasteiger partial charge on any atom is -0.382 e. The molecule has 1 aromatic rings. The molecule has 0 saturated heterocycles. The Morgan fingerprint density at radius 3 is 1.42 bits per heavy atom. The maximum absolute atomic E-state index is 4.90. The first-order chi connectivity index (χ1) is 5.81. The zero-order valence-corrected chi connectivity index (χ0v) is 8.16. The van der Waals surface area contributed by atoms with Gasteiger partial charge in [0.2, 0.25) is 0 Å². The maximum atomic E-state index is 4.90. The lowest BCUT2D eigenvalue weighted by Crippen LogP contribution is -2.00. The molecule has 1 unspecified atom stereocenters. The molecular formula is C11H18O. The Morgan fingerprint density at radius 2 is 1.33 bits per heavy atom. The predicted molar refractivity (Wildman–Crippen MR) is 53.2 cm³/mol. The first-order valence-corrected chi connectivity index (χ1v) is 4.34. The third-order valence-corrected chi connectivity index (χ3v) is 1.64. The van der Waals surface area contributed by atoms with Crippen LogP contribution in [0.5, 0.6) is 0 Å². The molecule has 0 N–H and O–H groups in total. The summed E-state index contributed by atoms with van der Waals surface area (Å²) in [6.45, 7) is 4.16. The van der Waals surface area contributed by atoms with Crippen LogP contribution in [0.15, 0.2) is 36.4 Å². The number of methoxy groups -OCH3 is 1. The van der Waals surface area contributed by atoms with Crippen LogP contribution in [0.3, 0.4) is 0 Å². The fraction of sp³-hybridized carbons (Fsp3) is 0.455. The van der Waals surface area contributed by atoms with Crippen molar-refractivity contribution >= 4 is 0 Å². The third-order valence-electron chi connectivity index (χ3n) is 1.64. The topological polar surface area (TPSA) is 9.23 Å². The molecule has 1 aromatic carbocycles. The van der Waals surface area contributed by atoms with Crippen molar-refractivity contribution in [2.75, 3.05) is 7.11 Å². The first kappa shape index (κ1) is 11.2. The number of rotatable bonds is 2. The van der Waals surface area contributed by atoms with Crippen LogP contribution in [-0.4, -0.2) is 13.2 Å². The fourth-order valence-corrected chi connectivity index (χ4v) is 0.552. The summed E-state index contributed by atoms with van der Waals surface area (Å²) in [5.41, 5.74) is 0. The highest BCUT2D eigenvalue weighted by Crippen LogP contribution is 1.89. The third kappa shape index (κ3) is 7.29. The molecule has 0 heterocycles. The van der Waals surface area contributed by atoms with Gasteiger partial charge in [-0.25, -0.2) is 0 Å². The summed E-state index contributed by atoms with van der Waals surface area (Å²) in [5.74, 6) is 0.